The molecule has 0 fully saturated rings. The van der Waals surface area contributed by atoms with Crippen LogP contribution < -0.4 is 5.32 Å². The lowest BCUT2D eigenvalue weighted by Gasteiger charge is -2.15. The molecule has 0 aliphatic rings. The minimum atomic E-state index is -0.371. The molecule has 23 heavy (non-hydrogen) atoms. The maximum absolute atomic E-state index is 13.2. The van der Waals surface area contributed by atoms with Crippen molar-refractivity contribution in [2.45, 2.75) is 26.2 Å². The van der Waals surface area contributed by atoms with Gasteiger partial charge in [0.15, 0.2) is 0 Å². The van der Waals surface area contributed by atoms with E-state index in [2.05, 4.69) is 24.1 Å². The van der Waals surface area contributed by atoms with Crippen LogP contribution in [-0.4, -0.2) is 15.3 Å². The third-order valence-corrected chi connectivity index (χ3v) is 4.00. The SMILES string of the molecule is CCC(C)c1ccccc1NC(=O)c1cn2cc(F)ccc2n1. The number of rotatable bonds is 4. The molecule has 2 heterocycles. The molecule has 0 aliphatic carbocycles. The Morgan fingerprint density at radius 3 is 2.83 bits per heavy atom. The predicted molar refractivity (Wildman–Crippen MR) is 88.3 cm³/mol. The zero-order chi connectivity index (χ0) is 16.4. The van der Waals surface area contributed by atoms with Crippen molar-refractivity contribution in [1.29, 1.82) is 0 Å². The number of anilines is 1. The molecule has 0 bridgehead atoms. The fraction of sp³-hybridized carbons (Fsp3) is 0.222. The molecule has 1 atom stereocenters. The van der Waals surface area contributed by atoms with Gasteiger partial charge in [0.1, 0.15) is 17.2 Å². The van der Waals surface area contributed by atoms with Crippen LogP contribution in [0.5, 0.6) is 0 Å². The Kier molecular flexibility index (Phi) is 4.10. The van der Waals surface area contributed by atoms with E-state index in [9.17, 15) is 9.18 Å². The Labute approximate surface area is 134 Å². The molecule has 0 spiro atoms. The molecular formula is C18H18FN3O. The zero-order valence-corrected chi connectivity index (χ0v) is 13.1. The van der Waals surface area contributed by atoms with Crippen molar-refractivity contribution in [3.05, 3.63) is 65.9 Å². The standard InChI is InChI=1S/C18H18FN3O/c1-3-12(2)14-6-4-5-7-15(14)21-18(23)16-11-22-10-13(19)8-9-17(22)20-16/h4-12H,3H2,1-2H3,(H,21,23). The lowest BCUT2D eigenvalue weighted by atomic mass is 9.97. The number of carbonyl (C=O) groups excluding carboxylic acids is 1. The molecule has 5 heteroatoms. The molecule has 3 rings (SSSR count). The number of fused-ring (bicyclic) bond motifs is 1. The number of carbonyl (C=O) groups is 1. The summed E-state index contributed by atoms with van der Waals surface area (Å²) in [5.74, 6) is -0.324. The number of hydrogen-bond acceptors (Lipinski definition) is 2. The number of hydrogen-bond donors (Lipinski definition) is 1. The highest BCUT2D eigenvalue weighted by molar-refractivity contribution is 6.03. The highest BCUT2D eigenvalue weighted by atomic mass is 19.1. The molecule has 0 saturated heterocycles. The van der Waals surface area contributed by atoms with Gasteiger partial charge in [-0.3, -0.25) is 4.79 Å². The van der Waals surface area contributed by atoms with Crippen molar-refractivity contribution in [3.8, 4) is 0 Å². The predicted octanol–water partition coefficient (Wildman–Crippen LogP) is 4.24. The number of pyridine rings is 1. The summed E-state index contributed by atoms with van der Waals surface area (Å²) in [6, 6.07) is 10.6. The van der Waals surface area contributed by atoms with Crippen LogP contribution in [0, 0.1) is 5.82 Å². The summed E-state index contributed by atoms with van der Waals surface area (Å²) in [5.41, 5.74) is 2.68. The van der Waals surface area contributed by atoms with E-state index in [1.165, 1.54) is 22.9 Å². The number of benzene rings is 1. The molecule has 2 aromatic heterocycles. The molecule has 0 aliphatic heterocycles. The second kappa shape index (κ2) is 6.20. The Bertz CT molecular complexity index is 856. The number of amides is 1. The third kappa shape index (κ3) is 3.08. The maximum Gasteiger partial charge on any atom is 0.275 e. The molecule has 1 aromatic carbocycles. The van der Waals surface area contributed by atoms with Crippen molar-refractivity contribution in [2.75, 3.05) is 5.32 Å². The summed E-state index contributed by atoms with van der Waals surface area (Å²) in [6.45, 7) is 4.23. The van der Waals surface area contributed by atoms with Crippen LogP contribution in [0.25, 0.3) is 5.65 Å². The van der Waals surface area contributed by atoms with Crippen molar-refractivity contribution in [2.24, 2.45) is 0 Å². The molecule has 0 saturated carbocycles. The summed E-state index contributed by atoms with van der Waals surface area (Å²) < 4.78 is 14.7. The molecule has 1 amide bonds. The van der Waals surface area contributed by atoms with Gasteiger partial charge in [0.05, 0.1) is 0 Å². The third-order valence-electron chi connectivity index (χ3n) is 4.00. The van der Waals surface area contributed by atoms with Gasteiger partial charge in [-0.1, -0.05) is 32.0 Å². The first-order valence-electron chi connectivity index (χ1n) is 7.63. The summed E-state index contributed by atoms with van der Waals surface area (Å²) in [4.78, 5) is 16.7. The van der Waals surface area contributed by atoms with Gasteiger partial charge < -0.3 is 9.72 Å². The molecule has 3 aromatic rings. The molecule has 1 N–H and O–H groups in total. The van der Waals surface area contributed by atoms with Crippen molar-refractivity contribution in [3.63, 3.8) is 0 Å². The van der Waals surface area contributed by atoms with Gasteiger partial charge in [0.2, 0.25) is 0 Å². The van der Waals surface area contributed by atoms with Gasteiger partial charge in [0, 0.05) is 18.1 Å². The number of nitrogens with zero attached hydrogens (tertiary/aromatic N) is 2. The molecular weight excluding hydrogens is 293 g/mol. The summed E-state index contributed by atoms with van der Waals surface area (Å²) >= 11 is 0. The number of aromatic nitrogens is 2. The van der Waals surface area contributed by atoms with Crippen LogP contribution in [0.4, 0.5) is 10.1 Å². The lowest BCUT2D eigenvalue weighted by molar-refractivity contribution is 0.102. The fourth-order valence-corrected chi connectivity index (χ4v) is 2.52. The minimum absolute atomic E-state index is 0.259. The van der Waals surface area contributed by atoms with Gasteiger partial charge in [-0.25, -0.2) is 9.37 Å². The van der Waals surface area contributed by atoms with Gasteiger partial charge in [-0.15, -0.1) is 0 Å². The second-order valence-electron chi connectivity index (χ2n) is 5.59. The van der Waals surface area contributed by atoms with Crippen LogP contribution in [0.3, 0.4) is 0 Å². The largest absolute Gasteiger partial charge is 0.320 e. The maximum atomic E-state index is 13.2. The van der Waals surface area contributed by atoms with Crippen LogP contribution in [0.15, 0.2) is 48.8 Å². The number of nitrogens with one attached hydrogen (secondary N) is 1. The number of para-hydroxylation sites is 1. The van der Waals surface area contributed by atoms with E-state index in [1.54, 1.807) is 6.07 Å². The quantitative estimate of drug-likeness (QED) is 0.783. The van der Waals surface area contributed by atoms with Crippen LogP contribution >= 0.6 is 0 Å². The topological polar surface area (TPSA) is 46.4 Å². The number of halogens is 1. The fourth-order valence-electron chi connectivity index (χ4n) is 2.52. The summed E-state index contributed by atoms with van der Waals surface area (Å²) in [7, 11) is 0. The Morgan fingerprint density at radius 2 is 2.04 bits per heavy atom. The summed E-state index contributed by atoms with van der Waals surface area (Å²) in [5, 5.41) is 2.91. The van der Waals surface area contributed by atoms with Crippen LogP contribution in [0.2, 0.25) is 0 Å². The van der Waals surface area contributed by atoms with E-state index >= 15 is 0 Å². The van der Waals surface area contributed by atoms with Gasteiger partial charge in [-0.2, -0.15) is 0 Å². The minimum Gasteiger partial charge on any atom is -0.320 e. The van der Waals surface area contributed by atoms with E-state index in [0.717, 1.165) is 17.7 Å². The Balaban J connectivity index is 1.89. The van der Waals surface area contributed by atoms with Crippen molar-refractivity contribution >= 4 is 17.2 Å². The highest BCUT2D eigenvalue weighted by Gasteiger charge is 2.15. The van der Waals surface area contributed by atoms with E-state index in [-0.39, 0.29) is 17.4 Å². The van der Waals surface area contributed by atoms with Crippen molar-refractivity contribution in [1.82, 2.24) is 9.38 Å². The van der Waals surface area contributed by atoms with Gasteiger partial charge in [-0.05, 0) is 36.1 Å². The van der Waals surface area contributed by atoms with E-state index in [1.807, 2.05) is 24.3 Å². The average molecular weight is 311 g/mol. The Hall–Kier alpha value is -2.69. The zero-order valence-electron chi connectivity index (χ0n) is 13.1. The van der Waals surface area contributed by atoms with Gasteiger partial charge in [0.25, 0.3) is 5.91 Å². The Morgan fingerprint density at radius 1 is 1.26 bits per heavy atom. The van der Waals surface area contributed by atoms with Gasteiger partial charge >= 0.3 is 0 Å². The molecule has 118 valence electrons. The summed E-state index contributed by atoms with van der Waals surface area (Å²) in [6.07, 6.45) is 3.81. The molecule has 0 radical (unpaired) electrons. The first-order valence-corrected chi connectivity index (χ1v) is 7.63. The lowest BCUT2D eigenvalue weighted by Crippen LogP contribution is -2.14. The van der Waals surface area contributed by atoms with E-state index < -0.39 is 0 Å². The van der Waals surface area contributed by atoms with Crippen molar-refractivity contribution < 1.29 is 9.18 Å². The smallest absolute Gasteiger partial charge is 0.275 e. The molecule has 1 unspecified atom stereocenters. The first-order chi connectivity index (χ1) is 11.1. The first kappa shape index (κ1) is 15.2. The van der Waals surface area contributed by atoms with E-state index in [0.29, 0.717) is 11.6 Å². The van der Waals surface area contributed by atoms with E-state index in [4.69, 9.17) is 0 Å². The number of imidazole rings is 1. The highest BCUT2D eigenvalue weighted by Crippen LogP contribution is 2.26. The second-order valence-corrected chi connectivity index (χ2v) is 5.59. The average Bonchev–Trinajstić information content (AvgIpc) is 2.98. The monoisotopic (exact) mass is 311 g/mol. The molecule has 4 nitrogen and oxygen atoms in total. The normalized spacial score (nSPS) is 12.3. The van der Waals surface area contributed by atoms with Crippen LogP contribution in [-0.2, 0) is 0 Å². The van der Waals surface area contributed by atoms with Crippen LogP contribution in [0.1, 0.15) is 42.2 Å².